The Balaban J connectivity index is 1.43. The molecule has 0 amide bonds. The Kier molecular flexibility index (Phi) is 8.48. The first kappa shape index (κ1) is 22.8. The summed E-state index contributed by atoms with van der Waals surface area (Å²) in [6, 6.07) is 13.7. The van der Waals surface area contributed by atoms with E-state index in [1.54, 1.807) is 0 Å². The monoisotopic (exact) mass is 421 g/mol. The molecule has 2 aromatic rings. The van der Waals surface area contributed by atoms with Crippen LogP contribution in [0.3, 0.4) is 0 Å². The van der Waals surface area contributed by atoms with Gasteiger partial charge in [0, 0.05) is 57.7 Å². The van der Waals surface area contributed by atoms with Gasteiger partial charge in [0.1, 0.15) is 5.82 Å². The molecule has 7 heteroatoms. The summed E-state index contributed by atoms with van der Waals surface area (Å²) in [7, 11) is 3.98. The Hall–Kier alpha value is -2.85. The summed E-state index contributed by atoms with van der Waals surface area (Å²) in [5.74, 6) is 1.64. The van der Waals surface area contributed by atoms with Gasteiger partial charge in [-0.15, -0.1) is 0 Å². The Morgan fingerprint density at radius 2 is 1.87 bits per heavy atom. The predicted molar refractivity (Wildman–Crippen MR) is 128 cm³/mol. The largest absolute Gasteiger partial charge is 0.369 e. The summed E-state index contributed by atoms with van der Waals surface area (Å²) in [4.78, 5) is 13.2. The maximum Gasteiger partial charge on any atom is 0.224 e. The molecule has 1 fully saturated rings. The molecule has 0 radical (unpaired) electrons. The molecule has 7 nitrogen and oxygen atoms in total. The second kappa shape index (κ2) is 11.5. The second-order valence-corrected chi connectivity index (χ2v) is 8.51. The van der Waals surface area contributed by atoms with E-state index in [9.17, 15) is 0 Å². The maximum atomic E-state index is 9.01. The first-order chi connectivity index (χ1) is 15.0. The molecule has 2 N–H and O–H groups in total. The highest BCUT2D eigenvalue weighted by Gasteiger charge is 2.21. The summed E-state index contributed by atoms with van der Waals surface area (Å²) in [6.45, 7) is 4.72. The third-order valence-corrected chi connectivity index (χ3v) is 5.83. The van der Waals surface area contributed by atoms with Crippen molar-refractivity contribution >= 4 is 17.5 Å². The fourth-order valence-corrected chi connectivity index (χ4v) is 4.08. The quantitative estimate of drug-likeness (QED) is 0.607. The molecule has 0 aliphatic heterocycles. The molecule has 31 heavy (non-hydrogen) atoms. The maximum absolute atomic E-state index is 9.01. The van der Waals surface area contributed by atoms with Crippen molar-refractivity contribution < 1.29 is 0 Å². The van der Waals surface area contributed by atoms with Crippen LogP contribution in [0.5, 0.6) is 0 Å². The fraction of sp³-hybridized carbons (Fsp3) is 0.542. The molecule has 1 aromatic carbocycles. The van der Waals surface area contributed by atoms with Crippen LogP contribution in [0, 0.1) is 18.3 Å². The number of hydrogen-bond donors (Lipinski definition) is 2. The van der Waals surface area contributed by atoms with Crippen molar-refractivity contribution in [2.24, 2.45) is 0 Å². The lowest BCUT2D eigenvalue weighted by molar-refractivity contribution is 0.355. The van der Waals surface area contributed by atoms with Gasteiger partial charge in [0.2, 0.25) is 5.95 Å². The highest BCUT2D eigenvalue weighted by atomic mass is 15.2. The van der Waals surface area contributed by atoms with Gasteiger partial charge in [-0.05, 0) is 56.4 Å². The highest BCUT2D eigenvalue weighted by molar-refractivity contribution is 5.48. The molecule has 0 unspecified atom stereocenters. The van der Waals surface area contributed by atoms with Crippen LogP contribution in [-0.2, 0) is 0 Å². The lowest BCUT2D eigenvalue weighted by atomic mass is 9.91. The summed E-state index contributed by atoms with van der Waals surface area (Å²) in [5.41, 5.74) is 2.45. The van der Waals surface area contributed by atoms with Gasteiger partial charge in [0.15, 0.2) is 0 Å². The van der Waals surface area contributed by atoms with E-state index in [1.165, 1.54) is 11.3 Å². The predicted octanol–water partition coefficient (Wildman–Crippen LogP) is 3.58. The van der Waals surface area contributed by atoms with E-state index in [1.807, 2.05) is 31.3 Å². The summed E-state index contributed by atoms with van der Waals surface area (Å²) < 4.78 is 0. The average molecular weight is 422 g/mol. The number of nitrogens with one attached hydrogen (secondary N) is 2. The van der Waals surface area contributed by atoms with Crippen LogP contribution < -0.4 is 20.4 Å². The number of anilines is 3. The van der Waals surface area contributed by atoms with E-state index in [2.05, 4.69) is 62.8 Å². The first-order valence-electron chi connectivity index (χ1n) is 11.2. The molecule has 1 saturated carbocycles. The minimum absolute atomic E-state index is 0.426. The van der Waals surface area contributed by atoms with Gasteiger partial charge in [0.25, 0.3) is 0 Å². The molecule has 0 bridgehead atoms. The number of hydrogen-bond acceptors (Lipinski definition) is 7. The van der Waals surface area contributed by atoms with Crippen molar-refractivity contribution in [2.45, 2.75) is 51.1 Å². The van der Waals surface area contributed by atoms with Gasteiger partial charge in [-0.25, -0.2) is 4.98 Å². The SMILES string of the molecule is Cc1cccc(N(CCC#N)CCN[C@H]2CC[C@@H](Nc3nccc(N(C)C)n3)CC2)c1. The number of nitrogens with zero attached hydrogens (tertiary/aromatic N) is 5. The average Bonchev–Trinajstić information content (AvgIpc) is 2.77. The van der Waals surface area contributed by atoms with E-state index in [0.29, 0.717) is 24.5 Å². The molecule has 0 saturated heterocycles. The number of aromatic nitrogens is 2. The van der Waals surface area contributed by atoms with Crippen molar-refractivity contribution in [1.82, 2.24) is 15.3 Å². The summed E-state index contributed by atoms with van der Waals surface area (Å²) in [5, 5.41) is 16.2. The van der Waals surface area contributed by atoms with Gasteiger partial charge in [-0.3, -0.25) is 0 Å². The lowest BCUT2D eigenvalue weighted by Crippen LogP contribution is -2.41. The number of benzene rings is 1. The lowest BCUT2D eigenvalue weighted by Gasteiger charge is -2.31. The Labute approximate surface area is 186 Å². The standard InChI is InChI=1S/C24H35N7/c1-19-6-4-7-22(18-19)31(16-5-13-25)17-15-26-20-8-10-21(11-9-20)28-24-27-14-12-23(29-24)30(2)3/h4,6-7,12,14,18,20-21,26H,5,8-11,15-17H2,1-3H3,(H,27,28,29)/t20-,21+. The summed E-state index contributed by atoms with van der Waals surface area (Å²) in [6.07, 6.45) is 6.87. The van der Waals surface area contributed by atoms with Crippen LogP contribution in [0.1, 0.15) is 37.7 Å². The number of nitriles is 1. The molecule has 3 rings (SSSR count). The van der Waals surface area contributed by atoms with Gasteiger partial charge in [0.05, 0.1) is 12.5 Å². The smallest absolute Gasteiger partial charge is 0.224 e. The Morgan fingerprint density at radius 3 is 2.58 bits per heavy atom. The van der Waals surface area contributed by atoms with Gasteiger partial charge < -0.3 is 20.4 Å². The van der Waals surface area contributed by atoms with Gasteiger partial charge in [-0.1, -0.05) is 12.1 Å². The van der Waals surface area contributed by atoms with E-state index in [0.717, 1.165) is 51.1 Å². The molecule has 1 aromatic heterocycles. The summed E-state index contributed by atoms with van der Waals surface area (Å²) >= 11 is 0. The van der Waals surface area contributed by atoms with Crippen LogP contribution in [0.4, 0.5) is 17.5 Å². The van der Waals surface area contributed by atoms with E-state index >= 15 is 0 Å². The fourth-order valence-electron chi connectivity index (χ4n) is 4.08. The highest BCUT2D eigenvalue weighted by Crippen LogP contribution is 2.22. The topological polar surface area (TPSA) is 80.1 Å². The molecule has 1 aliphatic carbocycles. The molecule has 166 valence electrons. The van der Waals surface area contributed by atoms with Crippen LogP contribution in [0.25, 0.3) is 0 Å². The van der Waals surface area contributed by atoms with E-state index in [4.69, 9.17) is 5.26 Å². The zero-order valence-corrected chi connectivity index (χ0v) is 19.0. The van der Waals surface area contributed by atoms with Crippen molar-refractivity contribution in [3.63, 3.8) is 0 Å². The van der Waals surface area contributed by atoms with Crippen molar-refractivity contribution in [3.05, 3.63) is 42.1 Å². The molecular formula is C24H35N7. The van der Waals surface area contributed by atoms with E-state index in [-0.39, 0.29) is 0 Å². The second-order valence-electron chi connectivity index (χ2n) is 8.51. The first-order valence-corrected chi connectivity index (χ1v) is 11.2. The van der Waals surface area contributed by atoms with Crippen LogP contribution in [0.2, 0.25) is 0 Å². The van der Waals surface area contributed by atoms with Crippen LogP contribution >= 0.6 is 0 Å². The molecule has 1 aliphatic rings. The Morgan fingerprint density at radius 1 is 1.10 bits per heavy atom. The molecule has 1 heterocycles. The van der Waals surface area contributed by atoms with Crippen LogP contribution in [0.15, 0.2) is 36.5 Å². The minimum atomic E-state index is 0.426. The third-order valence-electron chi connectivity index (χ3n) is 5.83. The minimum Gasteiger partial charge on any atom is -0.369 e. The molecular weight excluding hydrogens is 386 g/mol. The van der Waals surface area contributed by atoms with Gasteiger partial charge in [-0.2, -0.15) is 10.2 Å². The molecule has 0 spiro atoms. The van der Waals surface area contributed by atoms with E-state index < -0.39 is 0 Å². The number of rotatable bonds is 10. The Bertz CT molecular complexity index is 853. The zero-order valence-electron chi connectivity index (χ0n) is 19.0. The van der Waals surface area contributed by atoms with Crippen molar-refractivity contribution in [2.75, 3.05) is 48.8 Å². The molecule has 0 atom stereocenters. The van der Waals surface area contributed by atoms with Crippen molar-refractivity contribution in [3.8, 4) is 6.07 Å². The number of aryl methyl sites for hydroxylation is 1. The van der Waals surface area contributed by atoms with Crippen molar-refractivity contribution in [1.29, 1.82) is 5.26 Å². The normalized spacial score (nSPS) is 18.3. The van der Waals surface area contributed by atoms with Crippen LogP contribution in [-0.4, -0.2) is 55.8 Å². The van der Waals surface area contributed by atoms with Gasteiger partial charge >= 0.3 is 0 Å². The third kappa shape index (κ3) is 7.11. The zero-order chi connectivity index (χ0) is 22.1.